The molecule has 0 saturated carbocycles. The number of guanidine groups is 1. The first-order valence-electron chi connectivity index (χ1n) is 6.82. The molecule has 116 valence electrons. The molecule has 1 rings (SSSR count). The third-order valence-corrected chi connectivity index (χ3v) is 2.80. The topological polar surface area (TPSA) is 58.8 Å². The molecule has 0 amide bonds. The Morgan fingerprint density at radius 3 is 2.90 bits per heavy atom. The van der Waals surface area contributed by atoms with Gasteiger partial charge in [0.15, 0.2) is 5.96 Å². The van der Waals surface area contributed by atoms with Crippen LogP contribution >= 0.6 is 24.0 Å². The van der Waals surface area contributed by atoms with Crippen molar-refractivity contribution in [2.45, 2.75) is 32.7 Å². The highest BCUT2D eigenvalue weighted by Crippen LogP contribution is 1.99. The normalized spacial score (nSPS) is 12.7. The van der Waals surface area contributed by atoms with Crippen LogP contribution in [0.25, 0.3) is 0 Å². The second kappa shape index (κ2) is 12.0. The van der Waals surface area contributed by atoms with Gasteiger partial charge >= 0.3 is 0 Å². The van der Waals surface area contributed by atoms with Crippen LogP contribution in [0.3, 0.4) is 0 Å². The number of furan rings is 1. The van der Waals surface area contributed by atoms with Gasteiger partial charge in [-0.05, 0) is 25.5 Å². The summed E-state index contributed by atoms with van der Waals surface area (Å²) in [5.74, 6) is 1.81. The first-order valence-corrected chi connectivity index (χ1v) is 6.82. The predicted octanol–water partition coefficient (Wildman–Crippen LogP) is 2.42. The van der Waals surface area contributed by atoms with Gasteiger partial charge in [-0.1, -0.05) is 6.92 Å². The minimum absolute atomic E-state index is 0. The average molecular weight is 395 g/mol. The maximum Gasteiger partial charge on any atom is 0.191 e. The van der Waals surface area contributed by atoms with E-state index in [1.807, 2.05) is 12.1 Å². The lowest BCUT2D eigenvalue weighted by Crippen LogP contribution is -2.43. The third kappa shape index (κ3) is 8.42. The van der Waals surface area contributed by atoms with Gasteiger partial charge < -0.3 is 19.8 Å². The van der Waals surface area contributed by atoms with E-state index in [9.17, 15) is 0 Å². The van der Waals surface area contributed by atoms with Crippen LogP contribution in [0.5, 0.6) is 0 Å². The smallest absolute Gasteiger partial charge is 0.191 e. The van der Waals surface area contributed by atoms with Gasteiger partial charge in [-0.3, -0.25) is 4.99 Å². The molecule has 6 heteroatoms. The molecule has 0 saturated heterocycles. The Kier molecular flexibility index (Phi) is 11.6. The van der Waals surface area contributed by atoms with Gasteiger partial charge in [0.2, 0.25) is 0 Å². The SMILES string of the molecule is CCC(C)NC(=NCCOC)NCCc1ccco1.I. The summed E-state index contributed by atoms with van der Waals surface area (Å²) in [6, 6.07) is 4.28. The van der Waals surface area contributed by atoms with Crippen molar-refractivity contribution in [1.29, 1.82) is 0 Å². The highest BCUT2D eigenvalue weighted by molar-refractivity contribution is 14.0. The van der Waals surface area contributed by atoms with Crippen LogP contribution < -0.4 is 10.6 Å². The molecule has 0 aliphatic rings. The molecule has 0 aliphatic carbocycles. The van der Waals surface area contributed by atoms with Gasteiger partial charge in [-0.15, -0.1) is 24.0 Å². The molecule has 0 spiro atoms. The zero-order valence-electron chi connectivity index (χ0n) is 12.5. The molecular weight excluding hydrogens is 369 g/mol. The van der Waals surface area contributed by atoms with Crippen molar-refractivity contribution >= 4 is 29.9 Å². The Hall–Kier alpha value is -0.760. The van der Waals surface area contributed by atoms with Gasteiger partial charge in [0, 0.05) is 26.1 Å². The summed E-state index contributed by atoms with van der Waals surface area (Å²) in [5.41, 5.74) is 0. The standard InChI is InChI=1S/C14H25N3O2.HI/c1-4-12(2)17-14(16-9-11-18-3)15-8-7-13-6-5-10-19-13;/h5-6,10,12H,4,7-9,11H2,1-3H3,(H2,15,16,17);1H. The van der Waals surface area contributed by atoms with Gasteiger partial charge in [-0.2, -0.15) is 0 Å². The molecule has 2 N–H and O–H groups in total. The molecule has 0 aromatic carbocycles. The molecule has 20 heavy (non-hydrogen) atoms. The number of nitrogens with one attached hydrogen (secondary N) is 2. The fourth-order valence-electron chi connectivity index (χ4n) is 1.50. The van der Waals surface area contributed by atoms with Crippen molar-refractivity contribution in [2.75, 3.05) is 26.8 Å². The van der Waals surface area contributed by atoms with Gasteiger partial charge in [0.25, 0.3) is 0 Å². The summed E-state index contributed by atoms with van der Waals surface area (Å²) in [6.07, 6.45) is 3.60. The molecular formula is C14H26IN3O2. The Balaban J connectivity index is 0.00000361. The van der Waals surface area contributed by atoms with E-state index >= 15 is 0 Å². The van der Waals surface area contributed by atoms with Gasteiger partial charge in [0.05, 0.1) is 19.4 Å². The first kappa shape index (κ1) is 19.2. The molecule has 0 bridgehead atoms. The molecule has 1 aromatic heterocycles. The molecule has 1 unspecified atom stereocenters. The number of halogens is 1. The van der Waals surface area contributed by atoms with E-state index in [-0.39, 0.29) is 24.0 Å². The lowest BCUT2D eigenvalue weighted by atomic mass is 10.3. The highest BCUT2D eigenvalue weighted by atomic mass is 127. The fourth-order valence-corrected chi connectivity index (χ4v) is 1.50. The molecule has 0 fully saturated rings. The van der Waals surface area contributed by atoms with Crippen molar-refractivity contribution in [3.63, 3.8) is 0 Å². The van der Waals surface area contributed by atoms with E-state index in [0.29, 0.717) is 19.2 Å². The predicted molar refractivity (Wildman–Crippen MR) is 92.9 cm³/mol. The molecule has 5 nitrogen and oxygen atoms in total. The molecule has 0 aliphatic heterocycles. The van der Waals surface area contributed by atoms with Crippen LogP contribution in [0.1, 0.15) is 26.0 Å². The molecule has 1 heterocycles. The zero-order valence-corrected chi connectivity index (χ0v) is 14.8. The summed E-state index contributed by atoms with van der Waals surface area (Å²) in [5, 5.41) is 6.66. The van der Waals surface area contributed by atoms with E-state index in [0.717, 1.165) is 31.1 Å². The summed E-state index contributed by atoms with van der Waals surface area (Å²) in [7, 11) is 1.68. The van der Waals surface area contributed by atoms with Crippen LogP contribution in [0.15, 0.2) is 27.8 Å². The van der Waals surface area contributed by atoms with Gasteiger partial charge in [0.1, 0.15) is 5.76 Å². The monoisotopic (exact) mass is 395 g/mol. The summed E-state index contributed by atoms with van der Waals surface area (Å²) >= 11 is 0. The van der Waals surface area contributed by atoms with Crippen molar-refractivity contribution in [2.24, 2.45) is 4.99 Å². The zero-order chi connectivity index (χ0) is 13.9. The largest absolute Gasteiger partial charge is 0.469 e. The van der Waals surface area contributed by atoms with Gasteiger partial charge in [-0.25, -0.2) is 0 Å². The first-order chi connectivity index (χ1) is 9.26. The Labute approximate surface area is 138 Å². The van der Waals surface area contributed by atoms with Crippen LogP contribution in [-0.4, -0.2) is 38.8 Å². The highest BCUT2D eigenvalue weighted by Gasteiger charge is 2.03. The van der Waals surface area contributed by atoms with Crippen LogP contribution in [0.4, 0.5) is 0 Å². The Morgan fingerprint density at radius 1 is 1.50 bits per heavy atom. The van der Waals surface area contributed by atoms with Crippen molar-refractivity contribution in [1.82, 2.24) is 10.6 Å². The average Bonchev–Trinajstić information content (AvgIpc) is 2.91. The van der Waals surface area contributed by atoms with E-state index < -0.39 is 0 Å². The van der Waals surface area contributed by atoms with Crippen molar-refractivity contribution in [3.8, 4) is 0 Å². The Bertz CT molecular complexity index is 355. The van der Waals surface area contributed by atoms with E-state index in [4.69, 9.17) is 9.15 Å². The second-order valence-corrected chi connectivity index (χ2v) is 4.43. The van der Waals surface area contributed by atoms with Crippen LogP contribution in [-0.2, 0) is 11.2 Å². The Morgan fingerprint density at radius 2 is 2.30 bits per heavy atom. The molecule has 1 aromatic rings. The van der Waals surface area contributed by atoms with Crippen LogP contribution in [0, 0.1) is 0 Å². The molecule has 1 atom stereocenters. The van der Waals surface area contributed by atoms with E-state index in [2.05, 4.69) is 29.5 Å². The summed E-state index contributed by atoms with van der Waals surface area (Å²) < 4.78 is 10.3. The number of ether oxygens (including phenoxy) is 1. The summed E-state index contributed by atoms with van der Waals surface area (Å²) in [6.45, 7) is 6.37. The minimum Gasteiger partial charge on any atom is -0.469 e. The second-order valence-electron chi connectivity index (χ2n) is 4.43. The number of methoxy groups -OCH3 is 1. The number of nitrogens with zero attached hydrogens (tertiary/aromatic N) is 1. The maximum absolute atomic E-state index is 5.30. The van der Waals surface area contributed by atoms with Crippen LogP contribution in [0.2, 0.25) is 0 Å². The number of hydrogen-bond acceptors (Lipinski definition) is 3. The van der Waals surface area contributed by atoms with Crippen molar-refractivity contribution < 1.29 is 9.15 Å². The molecule has 0 radical (unpaired) electrons. The maximum atomic E-state index is 5.30. The van der Waals surface area contributed by atoms with E-state index in [1.165, 1.54) is 0 Å². The quantitative estimate of drug-likeness (QED) is 0.307. The number of hydrogen-bond donors (Lipinski definition) is 2. The number of aliphatic imine (C=N–C) groups is 1. The summed E-state index contributed by atoms with van der Waals surface area (Å²) in [4.78, 5) is 4.46. The van der Waals surface area contributed by atoms with E-state index in [1.54, 1.807) is 13.4 Å². The fraction of sp³-hybridized carbons (Fsp3) is 0.643. The lowest BCUT2D eigenvalue weighted by Gasteiger charge is -2.16. The third-order valence-electron chi connectivity index (χ3n) is 2.80. The van der Waals surface area contributed by atoms with Crippen molar-refractivity contribution in [3.05, 3.63) is 24.2 Å². The minimum atomic E-state index is 0. The number of rotatable bonds is 8. The lowest BCUT2D eigenvalue weighted by molar-refractivity contribution is 0.208.